The molecule has 0 aliphatic rings. The number of hydrogen-bond donors (Lipinski definition) is 2. The molecule has 0 saturated carbocycles. The van der Waals surface area contributed by atoms with E-state index < -0.39 is 28.1 Å². The second-order valence-corrected chi connectivity index (χ2v) is 4.21. The topological polar surface area (TPSA) is 105 Å². The lowest BCUT2D eigenvalue weighted by Crippen LogP contribution is -2.17. The number of halogens is 1. The summed E-state index contributed by atoms with van der Waals surface area (Å²) >= 11 is 0. The average molecular weight is 303 g/mol. The van der Waals surface area contributed by atoms with Gasteiger partial charge in [0, 0.05) is 11.6 Å². The fourth-order valence-electron chi connectivity index (χ4n) is 1.63. The van der Waals surface area contributed by atoms with E-state index in [0.717, 1.165) is 18.2 Å². The number of carbonyl (C=O) groups excluding carboxylic acids is 1. The van der Waals surface area contributed by atoms with E-state index in [0.29, 0.717) is 5.56 Å². The molecular formula is C14H10FN3O4. The lowest BCUT2D eigenvalue weighted by molar-refractivity contribution is -0.385. The Labute approximate surface area is 123 Å². The zero-order valence-electron chi connectivity index (χ0n) is 11.1. The minimum absolute atomic E-state index is 0.101. The molecule has 7 nitrogen and oxygen atoms in total. The Morgan fingerprint density at radius 3 is 2.73 bits per heavy atom. The van der Waals surface area contributed by atoms with Crippen LogP contribution in [0.4, 0.5) is 10.1 Å². The second-order valence-electron chi connectivity index (χ2n) is 4.21. The van der Waals surface area contributed by atoms with E-state index in [1.54, 1.807) is 0 Å². The van der Waals surface area contributed by atoms with Gasteiger partial charge in [0.05, 0.1) is 11.1 Å². The molecule has 2 aromatic carbocycles. The van der Waals surface area contributed by atoms with Crippen molar-refractivity contribution in [1.82, 2.24) is 5.43 Å². The Morgan fingerprint density at radius 1 is 1.32 bits per heavy atom. The number of nitro benzene ring substituents is 1. The number of amides is 1. The van der Waals surface area contributed by atoms with E-state index in [4.69, 9.17) is 0 Å². The first-order valence-corrected chi connectivity index (χ1v) is 6.04. The van der Waals surface area contributed by atoms with Gasteiger partial charge in [0.15, 0.2) is 5.75 Å². The van der Waals surface area contributed by atoms with Crippen molar-refractivity contribution < 1.29 is 19.2 Å². The van der Waals surface area contributed by atoms with Gasteiger partial charge in [-0.1, -0.05) is 6.07 Å². The molecule has 22 heavy (non-hydrogen) atoms. The maximum Gasteiger partial charge on any atom is 0.310 e. The number of rotatable bonds is 4. The Kier molecular flexibility index (Phi) is 4.42. The number of nitro groups is 1. The van der Waals surface area contributed by atoms with E-state index in [-0.39, 0.29) is 5.56 Å². The molecule has 0 radical (unpaired) electrons. The van der Waals surface area contributed by atoms with Crippen molar-refractivity contribution in [2.75, 3.05) is 0 Å². The number of carbonyl (C=O) groups is 1. The van der Waals surface area contributed by atoms with Crippen LogP contribution in [0.1, 0.15) is 15.9 Å². The molecule has 0 bridgehead atoms. The molecule has 2 N–H and O–H groups in total. The average Bonchev–Trinajstić information content (AvgIpc) is 2.46. The van der Waals surface area contributed by atoms with E-state index in [9.17, 15) is 24.4 Å². The summed E-state index contributed by atoms with van der Waals surface area (Å²) in [6.45, 7) is 0. The molecule has 0 heterocycles. The van der Waals surface area contributed by atoms with Crippen molar-refractivity contribution in [3.63, 3.8) is 0 Å². The van der Waals surface area contributed by atoms with Crippen LogP contribution in [0.25, 0.3) is 0 Å². The maximum absolute atomic E-state index is 13.0. The van der Waals surface area contributed by atoms with Crippen molar-refractivity contribution in [3.8, 4) is 5.75 Å². The Bertz CT molecular complexity index is 762. The summed E-state index contributed by atoms with van der Waals surface area (Å²) in [7, 11) is 0. The van der Waals surface area contributed by atoms with E-state index in [1.165, 1.54) is 30.5 Å². The van der Waals surface area contributed by atoms with Crippen LogP contribution in [-0.4, -0.2) is 22.2 Å². The van der Waals surface area contributed by atoms with E-state index in [2.05, 4.69) is 10.5 Å². The van der Waals surface area contributed by atoms with Gasteiger partial charge in [0.2, 0.25) is 0 Å². The summed E-state index contributed by atoms with van der Waals surface area (Å²) in [6, 6.07) is 8.69. The third kappa shape index (κ3) is 3.63. The minimum atomic E-state index is -0.720. The Hall–Kier alpha value is -3.29. The predicted octanol–water partition coefficient (Wildman–Crippen LogP) is 2.20. The first-order valence-electron chi connectivity index (χ1n) is 6.04. The molecular weight excluding hydrogens is 293 g/mol. The second kappa shape index (κ2) is 6.44. The molecule has 0 saturated heterocycles. The van der Waals surface area contributed by atoms with Crippen LogP contribution in [0.5, 0.6) is 5.75 Å². The molecule has 1 amide bonds. The van der Waals surface area contributed by atoms with Gasteiger partial charge in [-0.3, -0.25) is 14.9 Å². The van der Waals surface area contributed by atoms with Crippen LogP contribution in [0, 0.1) is 15.9 Å². The zero-order chi connectivity index (χ0) is 16.1. The first-order chi connectivity index (χ1) is 10.5. The van der Waals surface area contributed by atoms with Gasteiger partial charge in [0.1, 0.15) is 5.82 Å². The van der Waals surface area contributed by atoms with E-state index >= 15 is 0 Å². The van der Waals surface area contributed by atoms with Crippen LogP contribution in [-0.2, 0) is 0 Å². The molecule has 0 aromatic heterocycles. The number of benzene rings is 2. The van der Waals surface area contributed by atoms with Crippen LogP contribution in [0.2, 0.25) is 0 Å². The number of hydrogen-bond acceptors (Lipinski definition) is 5. The van der Waals surface area contributed by atoms with Crippen molar-refractivity contribution in [1.29, 1.82) is 0 Å². The van der Waals surface area contributed by atoms with Crippen molar-refractivity contribution >= 4 is 17.8 Å². The fraction of sp³-hybridized carbons (Fsp3) is 0. The number of aromatic hydroxyl groups is 1. The molecule has 0 spiro atoms. The summed E-state index contributed by atoms with van der Waals surface area (Å²) in [6.07, 6.45) is 1.20. The molecule has 2 aromatic rings. The molecule has 0 fully saturated rings. The monoisotopic (exact) mass is 303 g/mol. The first kappa shape index (κ1) is 15.1. The molecule has 0 atom stereocenters. The lowest BCUT2D eigenvalue weighted by atomic mass is 10.2. The number of phenolic OH excluding ortho intramolecular Hbond substituents is 1. The van der Waals surface area contributed by atoms with Gasteiger partial charge in [0.25, 0.3) is 5.91 Å². The zero-order valence-corrected chi connectivity index (χ0v) is 11.1. The Balaban J connectivity index is 2.05. The highest BCUT2D eigenvalue weighted by Gasteiger charge is 2.12. The normalized spacial score (nSPS) is 10.6. The van der Waals surface area contributed by atoms with Gasteiger partial charge < -0.3 is 5.11 Å². The van der Waals surface area contributed by atoms with E-state index in [1.807, 2.05) is 0 Å². The summed E-state index contributed by atoms with van der Waals surface area (Å²) in [5.41, 5.74) is 2.20. The molecule has 8 heteroatoms. The largest absolute Gasteiger partial charge is 0.502 e. The SMILES string of the molecule is O=C(N/N=C\c1ccc([N+](=O)[O-])c(O)c1)c1cccc(F)c1. The number of nitrogens with zero attached hydrogens (tertiary/aromatic N) is 2. The highest BCUT2D eigenvalue weighted by molar-refractivity contribution is 5.94. The van der Waals surface area contributed by atoms with Gasteiger partial charge in [-0.25, -0.2) is 9.82 Å². The number of phenols is 1. The van der Waals surface area contributed by atoms with Crippen LogP contribution in [0.15, 0.2) is 47.6 Å². The van der Waals surface area contributed by atoms with Crippen molar-refractivity contribution in [2.24, 2.45) is 5.10 Å². The highest BCUT2D eigenvalue weighted by atomic mass is 19.1. The van der Waals surface area contributed by atoms with Crippen LogP contribution >= 0.6 is 0 Å². The van der Waals surface area contributed by atoms with Crippen molar-refractivity contribution in [3.05, 3.63) is 69.5 Å². The maximum atomic E-state index is 13.0. The molecule has 0 aliphatic heterocycles. The minimum Gasteiger partial charge on any atom is -0.502 e. The standard InChI is InChI=1S/C14H10FN3O4/c15-11-3-1-2-10(7-11)14(20)17-16-8-9-4-5-12(18(21)22)13(19)6-9/h1-8,19H,(H,17,20)/b16-8-. The van der Waals surface area contributed by atoms with Gasteiger partial charge >= 0.3 is 5.69 Å². The molecule has 2 rings (SSSR count). The van der Waals surface area contributed by atoms with Gasteiger partial charge in [-0.05, 0) is 35.9 Å². The summed E-state index contributed by atoms with van der Waals surface area (Å²) in [5.74, 6) is -1.66. The van der Waals surface area contributed by atoms with Gasteiger partial charge in [-0.2, -0.15) is 5.10 Å². The summed E-state index contributed by atoms with van der Waals surface area (Å²) in [5, 5.41) is 23.6. The smallest absolute Gasteiger partial charge is 0.310 e. The number of nitrogens with one attached hydrogen (secondary N) is 1. The predicted molar refractivity (Wildman–Crippen MR) is 76.2 cm³/mol. The van der Waals surface area contributed by atoms with Gasteiger partial charge in [-0.15, -0.1) is 0 Å². The molecule has 112 valence electrons. The Morgan fingerprint density at radius 2 is 2.09 bits per heavy atom. The van der Waals surface area contributed by atoms with Crippen LogP contribution in [0.3, 0.4) is 0 Å². The third-order valence-corrected chi connectivity index (χ3v) is 2.66. The third-order valence-electron chi connectivity index (χ3n) is 2.66. The molecule has 0 unspecified atom stereocenters. The number of hydrazone groups is 1. The van der Waals surface area contributed by atoms with Crippen molar-refractivity contribution in [2.45, 2.75) is 0 Å². The summed E-state index contributed by atoms with van der Waals surface area (Å²) in [4.78, 5) is 21.5. The van der Waals surface area contributed by atoms with Crippen LogP contribution < -0.4 is 5.43 Å². The molecule has 0 aliphatic carbocycles. The lowest BCUT2D eigenvalue weighted by Gasteiger charge is -2.00. The summed E-state index contributed by atoms with van der Waals surface area (Å²) < 4.78 is 13.0. The fourth-order valence-corrected chi connectivity index (χ4v) is 1.63. The highest BCUT2D eigenvalue weighted by Crippen LogP contribution is 2.25. The quantitative estimate of drug-likeness (QED) is 0.513.